The van der Waals surface area contributed by atoms with Crippen molar-refractivity contribution in [3.63, 3.8) is 0 Å². The molecule has 0 atom stereocenters. The van der Waals surface area contributed by atoms with Crippen LogP contribution in [0, 0.1) is 5.92 Å². The molecule has 0 saturated carbocycles. The maximum atomic E-state index is 12.3. The third kappa shape index (κ3) is 7.58. The van der Waals surface area contributed by atoms with Crippen LogP contribution in [-0.4, -0.2) is 39.4 Å². The highest BCUT2D eigenvalue weighted by atomic mass is 16.5. The quantitative estimate of drug-likeness (QED) is 0.587. The predicted molar refractivity (Wildman–Crippen MR) is 108 cm³/mol. The van der Waals surface area contributed by atoms with E-state index < -0.39 is 0 Å². The molecule has 0 heterocycles. The highest BCUT2D eigenvalue weighted by Crippen LogP contribution is 2.24. The zero-order chi connectivity index (χ0) is 19.5. The second-order valence-electron chi connectivity index (χ2n) is 6.47. The summed E-state index contributed by atoms with van der Waals surface area (Å²) in [6.07, 6.45) is 0. The maximum Gasteiger partial charge on any atom is 0.243 e. The fraction of sp³-hybridized carbons (Fsp3) is 0.381. The molecule has 0 aliphatic rings. The van der Waals surface area contributed by atoms with E-state index in [4.69, 9.17) is 14.2 Å². The lowest BCUT2D eigenvalue weighted by molar-refractivity contribution is -0.114. The van der Waals surface area contributed by atoms with Crippen LogP contribution in [0.2, 0.25) is 0 Å². The SMILES string of the molecule is COCCOc1cccc(NC(=O)CNc2ccccc2OCC(C)C)c1. The van der Waals surface area contributed by atoms with Crippen LogP contribution in [0.4, 0.5) is 11.4 Å². The second kappa shape index (κ2) is 11.1. The molecular weight excluding hydrogens is 344 g/mol. The Bertz CT molecular complexity index is 719. The van der Waals surface area contributed by atoms with Crippen molar-refractivity contribution in [1.82, 2.24) is 0 Å². The van der Waals surface area contributed by atoms with E-state index in [2.05, 4.69) is 24.5 Å². The van der Waals surface area contributed by atoms with Crippen molar-refractivity contribution >= 4 is 17.3 Å². The Hall–Kier alpha value is -2.73. The number of para-hydroxylation sites is 2. The van der Waals surface area contributed by atoms with E-state index in [0.29, 0.717) is 37.2 Å². The van der Waals surface area contributed by atoms with Crippen molar-refractivity contribution in [2.24, 2.45) is 5.92 Å². The summed E-state index contributed by atoms with van der Waals surface area (Å²) in [5, 5.41) is 5.99. The van der Waals surface area contributed by atoms with Crippen molar-refractivity contribution in [3.05, 3.63) is 48.5 Å². The summed E-state index contributed by atoms with van der Waals surface area (Å²) in [4.78, 5) is 12.3. The molecule has 0 radical (unpaired) electrons. The molecule has 0 bridgehead atoms. The van der Waals surface area contributed by atoms with Gasteiger partial charge in [-0.2, -0.15) is 0 Å². The number of methoxy groups -OCH3 is 1. The van der Waals surface area contributed by atoms with Crippen molar-refractivity contribution in [2.75, 3.05) is 44.1 Å². The Balaban J connectivity index is 1.87. The highest BCUT2D eigenvalue weighted by molar-refractivity contribution is 5.94. The number of carbonyl (C=O) groups is 1. The number of nitrogens with one attached hydrogen (secondary N) is 2. The van der Waals surface area contributed by atoms with Crippen LogP contribution in [0.3, 0.4) is 0 Å². The Labute approximate surface area is 160 Å². The zero-order valence-corrected chi connectivity index (χ0v) is 16.2. The minimum absolute atomic E-state index is 0.136. The van der Waals surface area contributed by atoms with Gasteiger partial charge < -0.3 is 24.8 Å². The average molecular weight is 372 g/mol. The Kier molecular flexibility index (Phi) is 8.45. The number of hydrogen-bond donors (Lipinski definition) is 2. The molecule has 6 heteroatoms. The second-order valence-corrected chi connectivity index (χ2v) is 6.47. The molecule has 2 aromatic carbocycles. The van der Waals surface area contributed by atoms with Crippen LogP contribution in [0.15, 0.2) is 48.5 Å². The minimum atomic E-state index is -0.150. The average Bonchev–Trinajstić information content (AvgIpc) is 2.66. The molecule has 27 heavy (non-hydrogen) atoms. The lowest BCUT2D eigenvalue weighted by Gasteiger charge is -2.14. The summed E-state index contributed by atoms with van der Waals surface area (Å²) in [6, 6.07) is 14.9. The molecule has 0 fully saturated rings. The number of carbonyl (C=O) groups excluding carboxylic acids is 1. The summed E-state index contributed by atoms with van der Waals surface area (Å²) in [6.45, 7) is 5.92. The van der Waals surface area contributed by atoms with E-state index >= 15 is 0 Å². The molecule has 2 rings (SSSR count). The summed E-state index contributed by atoms with van der Waals surface area (Å²) in [7, 11) is 1.62. The summed E-state index contributed by atoms with van der Waals surface area (Å²) < 4.78 is 16.3. The van der Waals surface area contributed by atoms with E-state index in [1.165, 1.54) is 0 Å². The largest absolute Gasteiger partial charge is 0.491 e. The van der Waals surface area contributed by atoms with Crippen molar-refractivity contribution in [3.8, 4) is 11.5 Å². The lowest BCUT2D eigenvalue weighted by Crippen LogP contribution is -2.22. The fourth-order valence-corrected chi connectivity index (χ4v) is 2.28. The molecule has 0 saturated heterocycles. The van der Waals surface area contributed by atoms with Crippen LogP contribution >= 0.6 is 0 Å². The van der Waals surface area contributed by atoms with Gasteiger partial charge >= 0.3 is 0 Å². The molecule has 2 aromatic rings. The van der Waals surface area contributed by atoms with Crippen LogP contribution in [0.25, 0.3) is 0 Å². The summed E-state index contributed by atoms with van der Waals surface area (Å²) in [5.74, 6) is 1.71. The number of anilines is 2. The summed E-state index contributed by atoms with van der Waals surface area (Å²) in [5.41, 5.74) is 1.48. The molecule has 0 spiro atoms. The standard InChI is InChI=1S/C21H28N2O4/c1-16(2)15-27-20-10-5-4-9-19(20)22-14-21(24)23-17-7-6-8-18(13-17)26-12-11-25-3/h4-10,13,16,22H,11-12,14-15H2,1-3H3,(H,23,24). The normalized spacial score (nSPS) is 10.5. The molecular formula is C21H28N2O4. The van der Waals surface area contributed by atoms with E-state index in [0.717, 1.165) is 11.4 Å². The van der Waals surface area contributed by atoms with Gasteiger partial charge in [-0.05, 0) is 30.2 Å². The number of benzene rings is 2. The van der Waals surface area contributed by atoms with E-state index in [1.807, 2.05) is 42.5 Å². The van der Waals surface area contributed by atoms with Gasteiger partial charge in [-0.3, -0.25) is 4.79 Å². The minimum Gasteiger partial charge on any atom is -0.491 e. The number of ether oxygens (including phenoxy) is 3. The molecule has 2 N–H and O–H groups in total. The maximum absolute atomic E-state index is 12.3. The smallest absolute Gasteiger partial charge is 0.243 e. The van der Waals surface area contributed by atoms with Crippen LogP contribution < -0.4 is 20.1 Å². The van der Waals surface area contributed by atoms with Gasteiger partial charge in [0.25, 0.3) is 0 Å². The molecule has 146 valence electrons. The Morgan fingerprint density at radius 1 is 1.04 bits per heavy atom. The zero-order valence-electron chi connectivity index (χ0n) is 16.2. The molecule has 6 nitrogen and oxygen atoms in total. The summed E-state index contributed by atoms with van der Waals surface area (Å²) >= 11 is 0. The van der Waals surface area contributed by atoms with Gasteiger partial charge in [-0.25, -0.2) is 0 Å². The topological polar surface area (TPSA) is 68.8 Å². The van der Waals surface area contributed by atoms with Gasteiger partial charge in [0.2, 0.25) is 5.91 Å². The van der Waals surface area contributed by atoms with Gasteiger partial charge in [-0.15, -0.1) is 0 Å². The molecule has 0 aliphatic heterocycles. The molecule has 0 aliphatic carbocycles. The first-order valence-corrected chi connectivity index (χ1v) is 9.06. The first-order valence-electron chi connectivity index (χ1n) is 9.06. The van der Waals surface area contributed by atoms with Gasteiger partial charge in [0, 0.05) is 18.9 Å². The Morgan fingerprint density at radius 3 is 2.63 bits per heavy atom. The van der Waals surface area contributed by atoms with Gasteiger partial charge in [0.1, 0.15) is 18.1 Å². The molecule has 1 amide bonds. The molecule has 0 aromatic heterocycles. The first kappa shape index (κ1) is 20.6. The first-order chi connectivity index (χ1) is 13.1. The van der Waals surface area contributed by atoms with Gasteiger partial charge in [0.05, 0.1) is 25.4 Å². The van der Waals surface area contributed by atoms with Crippen LogP contribution in [0.5, 0.6) is 11.5 Å². The van der Waals surface area contributed by atoms with E-state index in [1.54, 1.807) is 13.2 Å². The predicted octanol–water partition coefficient (Wildman–Crippen LogP) is 3.80. The third-order valence-electron chi connectivity index (χ3n) is 3.57. The van der Waals surface area contributed by atoms with Gasteiger partial charge in [0.15, 0.2) is 0 Å². The van der Waals surface area contributed by atoms with Crippen molar-refractivity contribution < 1.29 is 19.0 Å². The third-order valence-corrected chi connectivity index (χ3v) is 3.57. The van der Waals surface area contributed by atoms with E-state index in [-0.39, 0.29) is 12.5 Å². The Morgan fingerprint density at radius 2 is 1.85 bits per heavy atom. The van der Waals surface area contributed by atoms with Crippen molar-refractivity contribution in [1.29, 1.82) is 0 Å². The highest BCUT2D eigenvalue weighted by Gasteiger charge is 2.07. The lowest BCUT2D eigenvalue weighted by atomic mass is 10.2. The van der Waals surface area contributed by atoms with Crippen LogP contribution in [0.1, 0.15) is 13.8 Å². The monoisotopic (exact) mass is 372 g/mol. The van der Waals surface area contributed by atoms with Crippen LogP contribution in [-0.2, 0) is 9.53 Å². The number of hydrogen-bond acceptors (Lipinski definition) is 5. The van der Waals surface area contributed by atoms with Gasteiger partial charge in [-0.1, -0.05) is 32.0 Å². The van der Waals surface area contributed by atoms with E-state index in [9.17, 15) is 4.79 Å². The molecule has 0 unspecified atom stereocenters. The number of amides is 1. The number of rotatable bonds is 11. The van der Waals surface area contributed by atoms with Crippen molar-refractivity contribution in [2.45, 2.75) is 13.8 Å². The fourth-order valence-electron chi connectivity index (χ4n) is 2.28.